The van der Waals surface area contributed by atoms with Crippen LogP contribution >= 0.6 is 0 Å². The quantitative estimate of drug-likeness (QED) is 0.757. The summed E-state index contributed by atoms with van der Waals surface area (Å²) >= 11 is 0. The van der Waals surface area contributed by atoms with E-state index in [1.54, 1.807) is 0 Å². The first-order valence-electron chi connectivity index (χ1n) is 7.48. The summed E-state index contributed by atoms with van der Waals surface area (Å²) in [6.45, 7) is 11.7. The van der Waals surface area contributed by atoms with E-state index >= 15 is 0 Å². The zero-order valence-corrected chi connectivity index (χ0v) is 13.1. The molecule has 2 unspecified atom stereocenters. The minimum absolute atomic E-state index is 0.142. The van der Waals surface area contributed by atoms with Gasteiger partial charge in [-0.1, -0.05) is 57.0 Å². The number of ether oxygens (including phenoxy) is 1. The Morgan fingerprint density at radius 3 is 2.53 bits per heavy atom. The van der Waals surface area contributed by atoms with Crippen molar-refractivity contribution < 1.29 is 4.74 Å². The Bertz CT molecular complexity index is 362. The molecule has 0 aliphatic rings. The molecule has 0 saturated carbocycles. The third-order valence-electron chi connectivity index (χ3n) is 3.22. The second-order valence-corrected chi connectivity index (χ2v) is 5.70. The van der Waals surface area contributed by atoms with Gasteiger partial charge in [-0.2, -0.15) is 0 Å². The molecule has 0 aliphatic carbocycles. The third-order valence-corrected chi connectivity index (χ3v) is 3.22. The first kappa shape index (κ1) is 16.2. The Kier molecular flexibility index (Phi) is 7.11. The van der Waals surface area contributed by atoms with E-state index in [0.29, 0.717) is 12.1 Å². The summed E-state index contributed by atoms with van der Waals surface area (Å²) in [7, 11) is 0. The fraction of sp³-hybridized carbons (Fsp3) is 0.647. The molecule has 1 rings (SSSR count). The molecule has 0 aliphatic heterocycles. The van der Waals surface area contributed by atoms with Gasteiger partial charge in [0.05, 0.1) is 12.2 Å². The van der Waals surface area contributed by atoms with E-state index in [1.165, 1.54) is 17.5 Å². The number of nitrogens with one attached hydrogen (secondary N) is 1. The molecule has 2 atom stereocenters. The van der Waals surface area contributed by atoms with Crippen molar-refractivity contribution in [3.8, 4) is 0 Å². The number of aryl methyl sites for hydroxylation is 1. The molecule has 108 valence electrons. The minimum Gasteiger partial charge on any atom is -0.369 e. The summed E-state index contributed by atoms with van der Waals surface area (Å²) in [5, 5.41) is 3.49. The van der Waals surface area contributed by atoms with Crippen LogP contribution in [0.5, 0.6) is 0 Å². The summed E-state index contributed by atoms with van der Waals surface area (Å²) in [6, 6.07) is 9.12. The van der Waals surface area contributed by atoms with E-state index in [-0.39, 0.29) is 6.10 Å². The van der Waals surface area contributed by atoms with E-state index < -0.39 is 0 Å². The predicted molar refractivity (Wildman–Crippen MR) is 82.5 cm³/mol. The second-order valence-electron chi connectivity index (χ2n) is 5.70. The number of hydrogen-bond acceptors (Lipinski definition) is 2. The van der Waals surface area contributed by atoms with Gasteiger partial charge in [0.1, 0.15) is 0 Å². The molecule has 0 aromatic heterocycles. The zero-order chi connectivity index (χ0) is 14.3. The molecule has 0 amide bonds. The number of benzene rings is 1. The van der Waals surface area contributed by atoms with Gasteiger partial charge in [-0.15, -0.1) is 0 Å². The molecule has 0 saturated heterocycles. The van der Waals surface area contributed by atoms with E-state index in [1.807, 2.05) is 0 Å². The highest BCUT2D eigenvalue weighted by Crippen LogP contribution is 2.21. The van der Waals surface area contributed by atoms with Crippen molar-refractivity contribution in [3.05, 3.63) is 35.4 Å². The Morgan fingerprint density at radius 2 is 1.95 bits per heavy atom. The molecule has 1 aromatic carbocycles. The fourth-order valence-corrected chi connectivity index (χ4v) is 2.21. The van der Waals surface area contributed by atoms with E-state index in [2.05, 4.69) is 64.2 Å². The van der Waals surface area contributed by atoms with Crippen molar-refractivity contribution in [2.75, 3.05) is 6.54 Å². The maximum absolute atomic E-state index is 6.22. The molecule has 2 nitrogen and oxygen atoms in total. The van der Waals surface area contributed by atoms with E-state index in [0.717, 1.165) is 13.0 Å². The zero-order valence-electron chi connectivity index (χ0n) is 13.1. The van der Waals surface area contributed by atoms with Crippen molar-refractivity contribution in [1.82, 2.24) is 5.32 Å². The molecular weight excluding hydrogens is 234 g/mol. The van der Waals surface area contributed by atoms with Gasteiger partial charge in [-0.05, 0) is 25.8 Å². The fourth-order valence-electron chi connectivity index (χ4n) is 2.21. The molecule has 19 heavy (non-hydrogen) atoms. The van der Waals surface area contributed by atoms with Crippen LogP contribution in [0.1, 0.15) is 57.8 Å². The first-order valence-corrected chi connectivity index (χ1v) is 7.48. The van der Waals surface area contributed by atoms with Crippen LogP contribution in [0.3, 0.4) is 0 Å². The van der Waals surface area contributed by atoms with Gasteiger partial charge in [0.2, 0.25) is 0 Å². The van der Waals surface area contributed by atoms with Crippen LogP contribution in [0.25, 0.3) is 0 Å². The lowest BCUT2D eigenvalue weighted by Crippen LogP contribution is -2.30. The van der Waals surface area contributed by atoms with Gasteiger partial charge in [0, 0.05) is 12.6 Å². The topological polar surface area (TPSA) is 21.3 Å². The van der Waals surface area contributed by atoms with Crippen LogP contribution in [0, 0.1) is 6.92 Å². The normalized spacial score (nSPS) is 14.6. The van der Waals surface area contributed by atoms with Gasteiger partial charge in [0.25, 0.3) is 0 Å². The minimum atomic E-state index is 0.142. The molecule has 0 spiro atoms. The highest BCUT2D eigenvalue weighted by atomic mass is 16.5. The Morgan fingerprint density at radius 1 is 1.21 bits per heavy atom. The maximum Gasteiger partial charge on any atom is 0.0953 e. The average molecular weight is 263 g/mol. The van der Waals surface area contributed by atoms with Crippen molar-refractivity contribution in [1.29, 1.82) is 0 Å². The average Bonchev–Trinajstić information content (AvgIpc) is 2.34. The number of rotatable bonds is 8. The van der Waals surface area contributed by atoms with Crippen molar-refractivity contribution in [2.24, 2.45) is 0 Å². The Hall–Kier alpha value is -0.860. The summed E-state index contributed by atoms with van der Waals surface area (Å²) in [4.78, 5) is 0. The SMILES string of the molecule is CCCC(C)OC(CNC(C)C)c1cccc(C)c1. The van der Waals surface area contributed by atoms with E-state index in [9.17, 15) is 0 Å². The summed E-state index contributed by atoms with van der Waals surface area (Å²) in [6.07, 6.45) is 2.73. The lowest BCUT2D eigenvalue weighted by Gasteiger charge is -2.24. The highest BCUT2D eigenvalue weighted by Gasteiger charge is 2.15. The van der Waals surface area contributed by atoms with E-state index in [4.69, 9.17) is 4.74 Å². The van der Waals surface area contributed by atoms with Crippen molar-refractivity contribution >= 4 is 0 Å². The molecule has 2 heteroatoms. The van der Waals surface area contributed by atoms with Crippen molar-refractivity contribution in [3.63, 3.8) is 0 Å². The molecule has 0 fully saturated rings. The summed E-state index contributed by atoms with van der Waals surface area (Å²) in [5.41, 5.74) is 2.56. The maximum atomic E-state index is 6.22. The molecular formula is C17H29NO. The van der Waals surface area contributed by atoms with Crippen LogP contribution in [-0.2, 0) is 4.74 Å². The summed E-state index contributed by atoms with van der Waals surface area (Å²) in [5.74, 6) is 0. The Labute approximate surface area is 118 Å². The first-order chi connectivity index (χ1) is 9.02. The van der Waals surface area contributed by atoms with Gasteiger partial charge < -0.3 is 10.1 Å². The molecule has 0 heterocycles. The van der Waals surface area contributed by atoms with Crippen LogP contribution < -0.4 is 5.32 Å². The lowest BCUT2D eigenvalue weighted by atomic mass is 10.1. The number of hydrogen-bond donors (Lipinski definition) is 1. The van der Waals surface area contributed by atoms with Gasteiger partial charge in [-0.25, -0.2) is 0 Å². The van der Waals surface area contributed by atoms with Crippen molar-refractivity contribution in [2.45, 2.75) is 65.7 Å². The smallest absolute Gasteiger partial charge is 0.0953 e. The van der Waals surface area contributed by atoms with Crippen LogP contribution in [0.15, 0.2) is 24.3 Å². The monoisotopic (exact) mass is 263 g/mol. The summed E-state index contributed by atoms with van der Waals surface area (Å²) < 4.78 is 6.22. The second kappa shape index (κ2) is 8.34. The van der Waals surface area contributed by atoms with Crippen LogP contribution in [-0.4, -0.2) is 18.7 Å². The Balaban J connectivity index is 2.73. The molecule has 0 bridgehead atoms. The predicted octanol–water partition coefficient (Wildman–Crippen LogP) is 4.24. The van der Waals surface area contributed by atoms with Gasteiger partial charge in [0.15, 0.2) is 0 Å². The van der Waals surface area contributed by atoms with Crippen LogP contribution in [0.2, 0.25) is 0 Å². The van der Waals surface area contributed by atoms with Crippen LogP contribution in [0.4, 0.5) is 0 Å². The standard InChI is InChI=1S/C17H29NO/c1-6-8-15(5)19-17(12-18-13(2)3)16-10-7-9-14(4)11-16/h7,9-11,13,15,17-18H,6,8,12H2,1-5H3. The third kappa shape index (κ3) is 6.22. The van der Waals surface area contributed by atoms with Gasteiger partial charge >= 0.3 is 0 Å². The largest absolute Gasteiger partial charge is 0.369 e. The molecule has 0 radical (unpaired) electrons. The van der Waals surface area contributed by atoms with Gasteiger partial charge in [-0.3, -0.25) is 0 Å². The molecule has 1 N–H and O–H groups in total. The molecule has 1 aromatic rings. The lowest BCUT2D eigenvalue weighted by molar-refractivity contribution is -0.00809. The highest BCUT2D eigenvalue weighted by molar-refractivity contribution is 5.24.